The van der Waals surface area contributed by atoms with Crippen LogP contribution < -0.4 is 0 Å². The quantitative estimate of drug-likeness (QED) is 0.641. The van der Waals surface area contributed by atoms with E-state index in [0.29, 0.717) is 11.6 Å². The molecule has 96 valence electrons. The van der Waals surface area contributed by atoms with E-state index in [-0.39, 0.29) is 12.4 Å². The largest absolute Gasteiger partial charge is 0.477 e. The highest BCUT2D eigenvalue weighted by molar-refractivity contribution is 6.76. The summed E-state index contributed by atoms with van der Waals surface area (Å²) in [6.07, 6.45) is 1.57. The number of carboxylic acid groups (broad SMARTS) is 1. The topological polar surface area (TPSA) is 51.5 Å². The summed E-state index contributed by atoms with van der Waals surface area (Å²) in [6, 6.07) is 2.48. The number of aromatic carboxylic acids is 1. The molecule has 0 spiro atoms. The molecule has 17 heavy (non-hydrogen) atoms. The third kappa shape index (κ3) is 4.93. The minimum absolute atomic E-state index is 0.156. The minimum Gasteiger partial charge on any atom is -0.477 e. The molecule has 1 rings (SSSR count). The van der Waals surface area contributed by atoms with Crippen LogP contribution in [-0.4, -0.2) is 30.3 Å². The Kier molecular flexibility index (Phi) is 4.79. The third-order valence-electron chi connectivity index (χ3n) is 2.31. The number of ether oxygens (including phenoxy) is 1. The van der Waals surface area contributed by atoms with Crippen molar-refractivity contribution in [1.82, 2.24) is 4.57 Å². The molecule has 1 aromatic rings. The van der Waals surface area contributed by atoms with Crippen molar-refractivity contribution in [3.8, 4) is 0 Å². The van der Waals surface area contributed by atoms with Gasteiger partial charge in [-0.3, -0.25) is 0 Å². The zero-order valence-corrected chi connectivity index (χ0v) is 12.1. The van der Waals surface area contributed by atoms with Crippen molar-refractivity contribution in [2.75, 3.05) is 6.61 Å². The highest BCUT2D eigenvalue weighted by Crippen LogP contribution is 2.15. The van der Waals surface area contributed by atoms with Gasteiger partial charge in [-0.1, -0.05) is 31.2 Å². The molecule has 6 heteroatoms. The van der Waals surface area contributed by atoms with Crippen LogP contribution in [0.2, 0.25) is 30.7 Å². The number of carbonyl (C=O) groups is 1. The first kappa shape index (κ1) is 14.3. The van der Waals surface area contributed by atoms with Crippen molar-refractivity contribution in [2.45, 2.75) is 32.4 Å². The van der Waals surface area contributed by atoms with Gasteiger partial charge in [-0.05, 0) is 12.1 Å². The Morgan fingerprint density at radius 3 is 2.71 bits per heavy atom. The van der Waals surface area contributed by atoms with E-state index in [1.807, 2.05) is 0 Å². The maximum atomic E-state index is 10.9. The van der Waals surface area contributed by atoms with Crippen molar-refractivity contribution >= 4 is 25.6 Å². The van der Waals surface area contributed by atoms with E-state index in [1.165, 1.54) is 10.6 Å². The Morgan fingerprint density at radius 2 is 2.18 bits per heavy atom. The maximum Gasteiger partial charge on any atom is 0.352 e. The van der Waals surface area contributed by atoms with Gasteiger partial charge in [0, 0.05) is 20.9 Å². The fraction of sp³-hybridized carbons (Fsp3) is 0.545. The predicted molar refractivity (Wildman–Crippen MR) is 70.5 cm³/mol. The Hall–Kier alpha value is -0.783. The average molecular weight is 276 g/mol. The van der Waals surface area contributed by atoms with E-state index in [4.69, 9.17) is 21.4 Å². The second-order valence-electron chi connectivity index (χ2n) is 5.17. The summed E-state index contributed by atoms with van der Waals surface area (Å²) in [7, 11) is -1.10. The first-order valence-corrected chi connectivity index (χ1v) is 9.55. The average Bonchev–Trinajstić information content (AvgIpc) is 2.53. The number of carboxylic acids is 1. The lowest BCUT2D eigenvalue weighted by Gasteiger charge is -2.15. The smallest absolute Gasteiger partial charge is 0.352 e. The Balaban J connectivity index is 2.49. The molecule has 0 amide bonds. The summed E-state index contributed by atoms with van der Waals surface area (Å²) in [5.74, 6) is -0.995. The van der Waals surface area contributed by atoms with Crippen LogP contribution in [0.3, 0.4) is 0 Å². The van der Waals surface area contributed by atoms with E-state index in [0.717, 1.165) is 6.04 Å². The number of rotatable bonds is 6. The van der Waals surface area contributed by atoms with E-state index in [2.05, 4.69) is 19.6 Å². The van der Waals surface area contributed by atoms with E-state index < -0.39 is 14.0 Å². The van der Waals surface area contributed by atoms with Crippen LogP contribution >= 0.6 is 11.6 Å². The van der Waals surface area contributed by atoms with E-state index >= 15 is 0 Å². The highest BCUT2D eigenvalue weighted by atomic mass is 35.5. The van der Waals surface area contributed by atoms with Crippen LogP contribution in [0.15, 0.2) is 12.3 Å². The molecule has 0 radical (unpaired) electrons. The van der Waals surface area contributed by atoms with Crippen molar-refractivity contribution < 1.29 is 14.6 Å². The lowest BCUT2D eigenvalue weighted by molar-refractivity contribution is 0.0623. The molecule has 0 saturated heterocycles. The molecule has 0 aliphatic heterocycles. The highest BCUT2D eigenvalue weighted by Gasteiger charge is 2.14. The van der Waals surface area contributed by atoms with E-state index in [9.17, 15) is 4.79 Å². The van der Waals surface area contributed by atoms with Crippen LogP contribution in [0, 0.1) is 0 Å². The molecule has 1 N–H and O–H groups in total. The standard InChI is InChI=1S/C11H18ClNO3Si/c1-17(2,3)5-4-16-8-13-7-9(12)6-10(13)11(14)15/h6-7H,4-5,8H2,1-3H3,(H,14,15). The van der Waals surface area contributed by atoms with Gasteiger partial charge in [0.05, 0.1) is 5.02 Å². The van der Waals surface area contributed by atoms with Gasteiger partial charge in [-0.15, -0.1) is 0 Å². The lowest BCUT2D eigenvalue weighted by Crippen LogP contribution is -2.22. The van der Waals surface area contributed by atoms with Crippen LogP contribution in [0.5, 0.6) is 0 Å². The Morgan fingerprint density at radius 1 is 1.53 bits per heavy atom. The molecule has 0 bridgehead atoms. The van der Waals surface area contributed by atoms with Crippen molar-refractivity contribution in [2.24, 2.45) is 0 Å². The van der Waals surface area contributed by atoms with Crippen molar-refractivity contribution in [1.29, 1.82) is 0 Å². The van der Waals surface area contributed by atoms with Crippen LogP contribution in [-0.2, 0) is 11.5 Å². The van der Waals surface area contributed by atoms with Gasteiger partial charge < -0.3 is 14.4 Å². The van der Waals surface area contributed by atoms with Gasteiger partial charge in [0.15, 0.2) is 0 Å². The predicted octanol–water partition coefficient (Wildman–Crippen LogP) is 3.15. The summed E-state index contributed by atoms with van der Waals surface area (Å²) >= 11 is 5.76. The molecule has 0 aliphatic rings. The molecular formula is C11H18ClNO3Si. The van der Waals surface area contributed by atoms with E-state index in [1.54, 1.807) is 6.20 Å². The first-order valence-electron chi connectivity index (χ1n) is 5.46. The number of halogens is 1. The number of nitrogens with zero attached hydrogens (tertiary/aromatic N) is 1. The van der Waals surface area contributed by atoms with Gasteiger partial charge >= 0.3 is 5.97 Å². The minimum atomic E-state index is -1.10. The summed E-state index contributed by atoms with van der Waals surface area (Å²) in [4.78, 5) is 10.9. The van der Waals surface area contributed by atoms with Gasteiger partial charge in [0.25, 0.3) is 0 Å². The summed E-state index contributed by atoms with van der Waals surface area (Å²) in [5, 5.41) is 9.35. The molecular weight excluding hydrogens is 258 g/mol. The summed E-state index contributed by atoms with van der Waals surface area (Å²) in [6.45, 7) is 7.70. The third-order valence-corrected chi connectivity index (χ3v) is 4.22. The lowest BCUT2D eigenvalue weighted by atomic mass is 10.4. The van der Waals surface area contributed by atoms with Crippen molar-refractivity contribution in [3.05, 3.63) is 23.0 Å². The normalized spacial score (nSPS) is 11.8. The SMILES string of the molecule is C[Si](C)(C)CCOCn1cc(Cl)cc1C(=O)O. The van der Waals surface area contributed by atoms with Gasteiger partial charge in [0.2, 0.25) is 0 Å². The van der Waals surface area contributed by atoms with Gasteiger partial charge in [0.1, 0.15) is 12.4 Å². The fourth-order valence-electron chi connectivity index (χ4n) is 1.30. The van der Waals surface area contributed by atoms with Crippen LogP contribution in [0.1, 0.15) is 10.5 Å². The van der Waals surface area contributed by atoms with Crippen LogP contribution in [0.25, 0.3) is 0 Å². The second-order valence-corrected chi connectivity index (χ2v) is 11.2. The monoisotopic (exact) mass is 275 g/mol. The zero-order valence-electron chi connectivity index (χ0n) is 10.4. The Bertz CT molecular complexity index is 398. The molecule has 1 aromatic heterocycles. The molecule has 1 heterocycles. The van der Waals surface area contributed by atoms with Crippen LogP contribution in [0.4, 0.5) is 0 Å². The van der Waals surface area contributed by atoms with Gasteiger partial charge in [-0.2, -0.15) is 0 Å². The number of aromatic nitrogens is 1. The molecule has 0 aromatic carbocycles. The molecule has 4 nitrogen and oxygen atoms in total. The van der Waals surface area contributed by atoms with Crippen molar-refractivity contribution in [3.63, 3.8) is 0 Å². The van der Waals surface area contributed by atoms with Gasteiger partial charge in [-0.25, -0.2) is 4.79 Å². The zero-order chi connectivity index (χ0) is 13.1. The fourth-order valence-corrected chi connectivity index (χ4v) is 2.28. The summed E-state index contributed by atoms with van der Waals surface area (Å²) < 4.78 is 6.98. The Labute approximate surface area is 107 Å². The maximum absolute atomic E-state index is 10.9. The molecule has 0 fully saturated rings. The molecule has 0 atom stereocenters. The molecule has 0 unspecified atom stereocenters. The number of hydrogen-bond donors (Lipinski definition) is 1. The number of hydrogen-bond acceptors (Lipinski definition) is 2. The second kappa shape index (κ2) is 5.71. The summed E-state index contributed by atoms with van der Waals surface area (Å²) in [5.41, 5.74) is 0.156. The molecule has 0 aliphatic carbocycles. The molecule has 0 saturated carbocycles. The first-order chi connectivity index (χ1) is 7.79.